The van der Waals surface area contributed by atoms with Gasteiger partial charge in [-0.15, -0.1) is 0 Å². The Morgan fingerprint density at radius 1 is 1.42 bits per heavy atom. The average Bonchev–Trinajstić information content (AvgIpc) is 2.92. The van der Waals surface area contributed by atoms with Crippen LogP contribution < -0.4 is 5.32 Å². The third kappa shape index (κ3) is 3.30. The summed E-state index contributed by atoms with van der Waals surface area (Å²) in [6, 6.07) is 0.0915. The van der Waals surface area contributed by atoms with Crippen LogP contribution in [0.2, 0.25) is 0 Å². The molecular weight excluding hydrogens is 246 g/mol. The van der Waals surface area contributed by atoms with Crippen LogP contribution in [0.1, 0.15) is 37.3 Å². The van der Waals surface area contributed by atoms with E-state index in [1.54, 1.807) is 0 Å². The lowest BCUT2D eigenvalue weighted by Crippen LogP contribution is -2.47. The molecule has 0 radical (unpaired) electrons. The topological polar surface area (TPSA) is 91.0 Å². The van der Waals surface area contributed by atoms with E-state index in [1.807, 2.05) is 18.7 Å². The lowest BCUT2D eigenvalue weighted by Gasteiger charge is -2.33. The number of carbonyl (C=O) groups is 2. The molecule has 19 heavy (non-hydrogen) atoms. The predicted octanol–water partition coefficient (Wildman–Crippen LogP) is 0.182. The van der Waals surface area contributed by atoms with Crippen LogP contribution >= 0.6 is 0 Å². The van der Waals surface area contributed by atoms with Gasteiger partial charge in [0.25, 0.3) is 5.91 Å². The van der Waals surface area contributed by atoms with Gasteiger partial charge in [-0.25, -0.2) is 4.98 Å². The second-order valence-corrected chi connectivity index (χ2v) is 5.06. The number of aromatic amines is 1. The number of H-pyrrole nitrogens is 1. The smallest absolute Gasteiger partial charge is 0.288 e. The van der Waals surface area contributed by atoms with E-state index in [9.17, 15) is 9.59 Å². The van der Waals surface area contributed by atoms with E-state index in [1.165, 1.54) is 6.33 Å². The number of hydrogen-bond acceptors (Lipinski definition) is 4. The summed E-state index contributed by atoms with van der Waals surface area (Å²) in [6.07, 6.45) is 2.86. The molecule has 0 unspecified atom stereocenters. The van der Waals surface area contributed by atoms with Crippen molar-refractivity contribution in [1.29, 1.82) is 0 Å². The fourth-order valence-corrected chi connectivity index (χ4v) is 2.18. The first-order chi connectivity index (χ1) is 9.08. The summed E-state index contributed by atoms with van der Waals surface area (Å²) < 4.78 is 0. The van der Waals surface area contributed by atoms with Gasteiger partial charge >= 0.3 is 0 Å². The Bertz CT molecular complexity index is 435. The number of aromatic nitrogens is 3. The van der Waals surface area contributed by atoms with Crippen molar-refractivity contribution in [3.63, 3.8) is 0 Å². The van der Waals surface area contributed by atoms with Crippen molar-refractivity contribution in [3.05, 3.63) is 12.2 Å². The monoisotopic (exact) mass is 265 g/mol. The minimum Gasteiger partial charge on any atom is -0.346 e. The fourth-order valence-electron chi connectivity index (χ4n) is 2.18. The van der Waals surface area contributed by atoms with E-state index in [2.05, 4.69) is 20.5 Å². The number of piperidine rings is 1. The highest BCUT2D eigenvalue weighted by molar-refractivity contribution is 5.90. The molecule has 2 N–H and O–H groups in total. The standard InChI is InChI=1S/C12H19N5O2/c1-8(2)12(19)17-5-3-9(4-6-17)15-11(18)10-13-7-14-16-10/h7-9H,3-6H2,1-2H3,(H,15,18)(H,13,14,16). The van der Waals surface area contributed by atoms with Gasteiger partial charge in [-0.1, -0.05) is 13.8 Å². The molecule has 2 amide bonds. The van der Waals surface area contributed by atoms with E-state index in [-0.39, 0.29) is 29.6 Å². The third-order valence-corrected chi connectivity index (χ3v) is 3.27. The molecule has 2 rings (SSSR count). The Morgan fingerprint density at radius 2 is 2.11 bits per heavy atom. The number of nitrogens with zero attached hydrogens (tertiary/aromatic N) is 3. The van der Waals surface area contributed by atoms with Crippen molar-refractivity contribution < 1.29 is 9.59 Å². The summed E-state index contributed by atoms with van der Waals surface area (Å²) in [5.41, 5.74) is 0. The first-order valence-electron chi connectivity index (χ1n) is 6.53. The first kappa shape index (κ1) is 13.5. The first-order valence-corrected chi connectivity index (χ1v) is 6.53. The van der Waals surface area contributed by atoms with E-state index in [0.717, 1.165) is 12.8 Å². The lowest BCUT2D eigenvalue weighted by atomic mass is 10.0. The van der Waals surface area contributed by atoms with Crippen molar-refractivity contribution in [3.8, 4) is 0 Å². The number of carbonyl (C=O) groups excluding carboxylic acids is 2. The van der Waals surface area contributed by atoms with Gasteiger partial charge in [-0.3, -0.25) is 14.7 Å². The largest absolute Gasteiger partial charge is 0.346 e. The molecule has 0 saturated carbocycles. The van der Waals surface area contributed by atoms with Gasteiger partial charge < -0.3 is 10.2 Å². The van der Waals surface area contributed by atoms with Crippen molar-refractivity contribution in [2.45, 2.75) is 32.7 Å². The molecule has 2 heterocycles. The van der Waals surface area contributed by atoms with Gasteiger partial charge in [0.05, 0.1) is 0 Å². The van der Waals surface area contributed by atoms with Gasteiger partial charge in [-0.05, 0) is 12.8 Å². The van der Waals surface area contributed by atoms with E-state index in [4.69, 9.17) is 0 Å². The van der Waals surface area contributed by atoms with Gasteiger partial charge in [0.15, 0.2) is 0 Å². The molecule has 0 atom stereocenters. The molecule has 1 fully saturated rings. The van der Waals surface area contributed by atoms with Gasteiger partial charge in [0.1, 0.15) is 6.33 Å². The predicted molar refractivity (Wildman–Crippen MR) is 68.3 cm³/mol. The number of rotatable bonds is 3. The highest BCUT2D eigenvalue weighted by atomic mass is 16.2. The molecule has 0 spiro atoms. The number of likely N-dealkylation sites (tertiary alicyclic amines) is 1. The Hall–Kier alpha value is -1.92. The summed E-state index contributed by atoms with van der Waals surface area (Å²) in [7, 11) is 0. The highest BCUT2D eigenvalue weighted by Gasteiger charge is 2.25. The number of hydrogen-bond donors (Lipinski definition) is 2. The SMILES string of the molecule is CC(C)C(=O)N1CCC(NC(=O)c2ncn[nH]2)CC1. The van der Waals surface area contributed by atoms with Crippen LogP contribution in [-0.2, 0) is 4.79 Å². The summed E-state index contributed by atoms with van der Waals surface area (Å²) in [5, 5.41) is 9.07. The summed E-state index contributed by atoms with van der Waals surface area (Å²) in [5.74, 6) is 0.187. The summed E-state index contributed by atoms with van der Waals surface area (Å²) >= 11 is 0. The Balaban J connectivity index is 1.81. The maximum absolute atomic E-state index is 11.8. The Kier molecular flexibility index (Phi) is 4.13. The van der Waals surface area contributed by atoms with Gasteiger partial charge in [0, 0.05) is 25.0 Å². The molecule has 1 aromatic heterocycles. The van der Waals surface area contributed by atoms with Crippen molar-refractivity contribution in [1.82, 2.24) is 25.4 Å². The quantitative estimate of drug-likeness (QED) is 0.815. The van der Waals surface area contributed by atoms with Crippen molar-refractivity contribution in [2.75, 3.05) is 13.1 Å². The molecule has 7 heteroatoms. The number of nitrogens with one attached hydrogen (secondary N) is 2. The summed E-state index contributed by atoms with van der Waals surface area (Å²) in [4.78, 5) is 29.3. The van der Waals surface area contributed by atoms with E-state index < -0.39 is 0 Å². The zero-order valence-electron chi connectivity index (χ0n) is 11.2. The Labute approximate surface area is 111 Å². The molecule has 7 nitrogen and oxygen atoms in total. The molecule has 1 aliphatic heterocycles. The van der Waals surface area contributed by atoms with Crippen LogP contribution in [0.25, 0.3) is 0 Å². The van der Waals surface area contributed by atoms with Crippen LogP contribution in [0, 0.1) is 5.92 Å². The zero-order valence-corrected chi connectivity index (χ0v) is 11.2. The second kappa shape index (κ2) is 5.81. The van der Waals surface area contributed by atoms with Gasteiger partial charge in [0.2, 0.25) is 11.7 Å². The van der Waals surface area contributed by atoms with Crippen LogP contribution in [0.5, 0.6) is 0 Å². The normalized spacial score (nSPS) is 16.7. The molecule has 1 saturated heterocycles. The molecular formula is C12H19N5O2. The molecule has 1 aliphatic rings. The maximum atomic E-state index is 11.8. The zero-order chi connectivity index (χ0) is 13.8. The van der Waals surface area contributed by atoms with Crippen molar-refractivity contribution >= 4 is 11.8 Å². The molecule has 0 bridgehead atoms. The van der Waals surface area contributed by atoms with Crippen molar-refractivity contribution in [2.24, 2.45) is 5.92 Å². The van der Waals surface area contributed by atoms with Crippen LogP contribution in [0.4, 0.5) is 0 Å². The van der Waals surface area contributed by atoms with Gasteiger partial charge in [-0.2, -0.15) is 5.10 Å². The second-order valence-electron chi connectivity index (χ2n) is 5.06. The molecule has 1 aromatic rings. The minimum absolute atomic E-state index is 0.0281. The Morgan fingerprint density at radius 3 is 2.63 bits per heavy atom. The van der Waals surface area contributed by atoms with E-state index >= 15 is 0 Å². The minimum atomic E-state index is -0.244. The van der Waals surface area contributed by atoms with Crippen LogP contribution in [0.15, 0.2) is 6.33 Å². The number of amides is 2. The maximum Gasteiger partial charge on any atom is 0.288 e. The fraction of sp³-hybridized carbons (Fsp3) is 0.667. The molecule has 0 aromatic carbocycles. The van der Waals surface area contributed by atoms with Crippen LogP contribution in [-0.4, -0.2) is 51.0 Å². The highest BCUT2D eigenvalue weighted by Crippen LogP contribution is 2.13. The average molecular weight is 265 g/mol. The lowest BCUT2D eigenvalue weighted by molar-refractivity contribution is -0.135. The van der Waals surface area contributed by atoms with Crippen LogP contribution in [0.3, 0.4) is 0 Å². The summed E-state index contributed by atoms with van der Waals surface area (Å²) in [6.45, 7) is 5.19. The van der Waals surface area contributed by atoms with E-state index in [0.29, 0.717) is 13.1 Å². The third-order valence-electron chi connectivity index (χ3n) is 3.27. The molecule has 104 valence electrons. The molecule has 0 aliphatic carbocycles.